The second-order valence-corrected chi connectivity index (χ2v) is 11.5. The van der Waals surface area contributed by atoms with Gasteiger partial charge in [-0.1, -0.05) is 98.0 Å². The number of hydrogen-bond donors (Lipinski definition) is 0. The Morgan fingerprint density at radius 1 is 0.973 bits per heavy atom. The van der Waals surface area contributed by atoms with Crippen molar-refractivity contribution >= 4 is 52.0 Å². The first-order valence-corrected chi connectivity index (χ1v) is 14.5. The molecule has 186 valence electrons. The normalized spacial score (nSPS) is 14.6. The van der Waals surface area contributed by atoms with Crippen LogP contribution in [-0.2, 0) is 11.3 Å². The van der Waals surface area contributed by atoms with Gasteiger partial charge in [0.05, 0.1) is 22.8 Å². The maximum Gasteiger partial charge on any atom is 0.266 e. The van der Waals surface area contributed by atoms with Crippen LogP contribution >= 0.6 is 35.7 Å². The number of aromatic nitrogens is 2. The average Bonchev–Trinajstić information content (AvgIpc) is 3.47. The monoisotopic (exact) mass is 541 g/mol. The predicted octanol–water partition coefficient (Wildman–Crippen LogP) is 7.83. The highest BCUT2D eigenvalue weighted by Crippen LogP contribution is 2.36. The minimum Gasteiger partial charge on any atom is -0.288 e. The lowest BCUT2D eigenvalue weighted by molar-refractivity contribution is -0.122. The summed E-state index contributed by atoms with van der Waals surface area (Å²) in [7, 11) is 0. The summed E-state index contributed by atoms with van der Waals surface area (Å²) in [6, 6.07) is 28.5. The summed E-state index contributed by atoms with van der Waals surface area (Å²) in [6.45, 7) is 2.68. The molecule has 1 saturated heterocycles. The third-order valence-electron chi connectivity index (χ3n) is 6.00. The lowest BCUT2D eigenvalue weighted by atomic mass is 10.1. The zero-order chi connectivity index (χ0) is 25.6. The molecule has 1 fully saturated rings. The number of nitrogens with zero attached hydrogens (tertiary/aromatic N) is 3. The van der Waals surface area contributed by atoms with Crippen LogP contribution in [0.15, 0.2) is 101 Å². The van der Waals surface area contributed by atoms with Crippen molar-refractivity contribution in [3.05, 3.63) is 107 Å². The maximum absolute atomic E-state index is 13.3. The van der Waals surface area contributed by atoms with Crippen LogP contribution in [0.1, 0.15) is 30.9 Å². The second kappa shape index (κ2) is 11.9. The van der Waals surface area contributed by atoms with E-state index in [0.717, 1.165) is 33.8 Å². The number of carbonyl (C=O) groups is 1. The standard InChI is InChI=1S/C30H27N3OS3/c1-2-3-18-36-26-16-14-23(15-17-26)28-24(21-33(31-28)25-12-8-5-9-13-25)19-27-29(34)32(30(35)37-27)20-22-10-6-4-7-11-22/h4-17,19,21H,2-3,18,20H2,1H3. The molecule has 4 nitrogen and oxygen atoms in total. The Morgan fingerprint density at radius 3 is 2.38 bits per heavy atom. The highest BCUT2D eigenvalue weighted by atomic mass is 32.2. The van der Waals surface area contributed by atoms with Gasteiger partial charge in [-0.05, 0) is 48.1 Å². The molecule has 0 bridgehead atoms. The molecule has 37 heavy (non-hydrogen) atoms. The van der Waals surface area contributed by atoms with Gasteiger partial charge in [0.15, 0.2) is 0 Å². The van der Waals surface area contributed by atoms with E-state index < -0.39 is 0 Å². The van der Waals surface area contributed by atoms with E-state index in [2.05, 4.69) is 31.2 Å². The van der Waals surface area contributed by atoms with Gasteiger partial charge in [0.2, 0.25) is 0 Å². The highest BCUT2D eigenvalue weighted by Gasteiger charge is 2.32. The number of amides is 1. The molecule has 5 rings (SSSR count). The first-order chi connectivity index (χ1) is 18.1. The van der Waals surface area contributed by atoms with Crippen molar-refractivity contribution < 1.29 is 4.79 Å². The van der Waals surface area contributed by atoms with Crippen molar-refractivity contribution in [1.82, 2.24) is 14.7 Å². The number of hydrogen-bond acceptors (Lipinski definition) is 5. The van der Waals surface area contributed by atoms with Crippen LogP contribution in [0.3, 0.4) is 0 Å². The molecule has 2 heterocycles. The van der Waals surface area contributed by atoms with Crippen LogP contribution in [0.25, 0.3) is 23.0 Å². The molecule has 4 aromatic rings. The van der Waals surface area contributed by atoms with E-state index in [4.69, 9.17) is 17.3 Å². The van der Waals surface area contributed by atoms with E-state index in [1.807, 2.05) is 89.4 Å². The first kappa shape index (κ1) is 25.5. The van der Waals surface area contributed by atoms with Gasteiger partial charge >= 0.3 is 0 Å². The SMILES string of the molecule is CCCCSc1ccc(-c2nn(-c3ccccc3)cc2C=C2SC(=S)N(Cc3ccccc3)C2=O)cc1. The Labute approximate surface area is 231 Å². The Morgan fingerprint density at radius 2 is 1.68 bits per heavy atom. The molecule has 0 spiro atoms. The van der Waals surface area contributed by atoms with Crippen LogP contribution in [0, 0.1) is 0 Å². The van der Waals surface area contributed by atoms with Crippen molar-refractivity contribution in [1.29, 1.82) is 0 Å². The van der Waals surface area contributed by atoms with Crippen LogP contribution < -0.4 is 0 Å². The fraction of sp³-hybridized carbons (Fsp3) is 0.167. The summed E-state index contributed by atoms with van der Waals surface area (Å²) in [5, 5.41) is 4.93. The summed E-state index contributed by atoms with van der Waals surface area (Å²) >= 11 is 8.80. The van der Waals surface area contributed by atoms with Gasteiger partial charge in [-0.15, -0.1) is 11.8 Å². The molecule has 0 N–H and O–H groups in total. The van der Waals surface area contributed by atoms with Gasteiger partial charge in [-0.3, -0.25) is 9.69 Å². The molecule has 1 aliphatic rings. The van der Waals surface area contributed by atoms with E-state index in [0.29, 0.717) is 15.8 Å². The van der Waals surface area contributed by atoms with Crippen molar-refractivity contribution in [2.75, 3.05) is 5.75 Å². The molecular weight excluding hydrogens is 515 g/mol. The maximum atomic E-state index is 13.3. The molecule has 0 radical (unpaired) electrons. The number of para-hydroxylation sites is 1. The van der Waals surface area contributed by atoms with Gasteiger partial charge in [0.25, 0.3) is 5.91 Å². The smallest absolute Gasteiger partial charge is 0.266 e. The summed E-state index contributed by atoms with van der Waals surface area (Å²) in [5.74, 6) is 1.05. The lowest BCUT2D eigenvalue weighted by Crippen LogP contribution is -2.27. The molecule has 7 heteroatoms. The summed E-state index contributed by atoms with van der Waals surface area (Å²) < 4.78 is 2.45. The number of carbonyl (C=O) groups excluding carboxylic acids is 1. The molecule has 1 aromatic heterocycles. The van der Waals surface area contributed by atoms with Crippen LogP contribution in [0.2, 0.25) is 0 Å². The van der Waals surface area contributed by atoms with E-state index >= 15 is 0 Å². The summed E-state index contributed by atoms with van der Waals surface area (Å²) in [4.78, 5) is 16.9. The predicted molar refractivity (Wildman–Crippen MR) is 160 cm³/mol. The molecule has 0 unspecified atom stereocenters. The number of rotatable bonds is 9. The zero-order valence-corrected chi connectivity index (χ0v) is 23.0. The third-order valence-corrected chi connectivity index (χ3v) is 8.48. The zero-order valence-electron chi connectivity index (χ0n) is 20.5. The Hall–Kier alpha value is -3.13. The van der Waals surface area contributed by atoms with Crippen molar-refractivity contribution in [3.8, 4) is 16.9 Å². The van der Waals surface area contributed by atoms with Crippen LogP contribution in [-0.4, -0.2) is 30.7 Å². The number of thioether (sulfide) groups is 2. The molecular formula is C30H27N3OS3. The Balaban J connectivity index is 1.47. The van der Waals surface area contributed by atoms with Gasteiger partial charge in [-0.2, -0.15) is 5.10 Å². The molecule has 1 amide bonds. The summed E-state index contributed by atoms with van der Waals surface area (Å²) in [6.07, 6.45) is 6.32. The van der Waals surface area contributed by atoms with E-state index in [9.17, 15) is 4.79 Å². The molecule has 0 aliphatic carbocycles. The molecule has 1 aliphatic heterocycles. The number of thiocarbonyl (C=S) groups is 1. The summed E-state index contributed by atoms with van der Waals surface area (Å²) in [5.41, 5.74) is 4.75. The van der Waals surface area contributed by atoms with Gasteiger partial charge < -0.3 is 0 Å². The number of benzene rings is 3. The Bertz CT molecular complexity index is 1410. The minimum absolute atomic E-state index is 0.0695. The number of unbranched alkanes of at least 4 members (excludes halogenated alkanes) is 1. The average molecular weight is 542 g/mol. The molecule has 0 saturated carbocycles. The van der Waals surface area contributed by atoms with Crippen molar-refractivity contribution in [3.63, 3.8) is 0 Å². The van der Waals surface area contributed by atoms with Gasteiger partial charge in [-0.25, -0.2) is 4.68 Å². The van der Waals surface area contributed by atoms with Gasteiger partial charge in [0.1, 0.15) is 4.32 Å². The van der Waals surface area contributed by atoms with Crippen LogP contribution in [0.5, 0.6) is 0 Å². The Kier molecular flexibility index (Phi) is 8.24. The third kappa shape index (κ3) is 6.06. The quantitative estimate of drug-likeness (QED) is 0.0934. The topological polar surface area (TPSA) is 38.1 Å². The van der Waals surface area contributed by atoms with E-state index in [1.165, 1.54) is 29.5 Å². The van der Waals surface area contributed by atoms with E-state index in [-0.39, 0.29) is 5.91 Å². The fourth-order valence-electron chi connectivity index (χ4n) is 4.02. The second-order valence-electron chi connectivity index (χ2n) is 8.69. The molecule has 0 atom stereocenters. The highest BCUT2D eigenvalue weighted by molar-refractivity contribution is 8.26. The first-order valence-electron chi connectivity index (χ1n) is 12.3. The lowest BCUT2D eigenvalue weighted by Gasteiger charge is -2.14. The largest absolute Gasteiger partial charge is 0.288 e. The van der Waals surface area contributed by atoms with E-state index in [1.54, 1.807) is 4.90 Å². The van der Waals surface area contributed by atoms with Crippen molar-refractivity contribution in [2.24, 2.45) is 0 Å². The van der Waals surface area contributed by atoms with Gasteiger partial charge in [0, 0.05) is 22.2 Å². The fourth-order valence-corrected chi connectivity index (χ4v) is 6.26. The van der Waals surface area contributed by atoms with Crippen molar-refractivity contribution in [2.45, 2.75) is 31.2 Å². The molecule has 3 aromatic carbocycles. The minimum atomic E-state index is -0.0695. The van der Waals surface area contributed by atoms with Crippen LogP contribution in [0.4, 0.5) is 0 Å².